The lowest BCUT2D eigenvalue weighted by atomic mass is 9.98. The molecular formula is C25H28N2O7. The van der Waals surface area contributed by atoms with E-state index >= 15 is 0 Å². The standard InChI is InChI=1S/C25H28N2O7/c1-14(32-2)21(23(28)26-20-11-12-33-22(20)24(29)30)27-25(31)34-13-19-17-9-5-3-7-15(17)16-8-4-6-10-18(16)19/h3-10,14,19-22H,11-13H2,1-2H3,(H,26,28)(H,27,31)(H,29,30)/t14-,20-,21+,22+/m1/s1. The highest BCUT2D eigenvalue weighted by Crippen LogP contribution is 2.44. The number of aliphatic carboxylic acids is 1. The predicted molar refractivity (Wildman–Crippen MR) is 122 cm³/mol. The number of amides is 2. The Morgan fingerprint density at radius 2 is 1.71 bits per heavy atom. The molecule has 34 heavy (non-hydrogen) atoms. The first-order valence-electron chi connectivity index (χ1n) is 11.2. The zero-order valence-electron chi connectivity index (χ0n) is 19.0. The number of nitrogens with one attached hydrogen (secondary N) is 2. The largest absolute Gasteiger partial charge is 0.479 e. The van der Waals surface area contributed by atoms with Gasteiger partial charge in [-0.1, -0.05) is 48.5 Å². The van der Waals surface area contributed by atoms with Crippen LogP contribution in [0.5, 0.6) is 0 Å². The second-order valence-electron chi connectivity index (χ2n) is 8.42. The number of hydrogen-bond donors (Lipinski definition) is 3. The maximum Gasteiger partial charge on any atom is 0.407 e. The number of ether oxygens (including phenoxy) is 3. The van der Waals surface area contributed by atoms with E-state index in [2.05, 4.69) is 10.6 Å². The smallest absolute Gasteiger partial charge is 0.407 e. The van der Waals surface area contributed by atoms with Crippen LogP contribution in [0.4, 0.5) is 4.79 Å². The molecule has 1 fully saturated rings. The molecule has 2 aromatic rings. The zero-order chi connectivity index (χ0) is 24.2. The highest BCUT2D eigenvalue weighted by Gasteiger charge is 2.38. The summed E-state index contributed by atoms with van der Waals surface area (Å²) < 4.78 is 16.0. The molecule has 9 nitrogen and oxygen atoms in total. The Morgan fingerprint density at radius 1 is 1.09 bits per heavy atom. The summed E-state index contributed by atoms with van der Waals surface area (Å²) in [6.45, 7) is 1.97. The van der Waals surface area contributed by atoms with Gasteiger partial charge in [-0.2, -0.15) is 0 Å². The van der Waals surface area contributed by atoms with Gasteiger partial charge in [-0.25, -0.2) is 9.59 Å². The molecule has 3 N–H and O–H groups in total. The van der Waals surface area contributed by atoms with Crippen molar-refractivity contribution in [3.8, 4) is 11.1 Å². The van der Waals surface area contributed by atoms with Gasteiger partial charge in [0.1, 0.15) is 12.6 Å². The molecule has 0 saturated carbocycles. The number of carboxylic acids is 1. The van der Waals surface area contributed by atoms with Gasteiger partial charge < -0.3 is 30.0 Å². The Bertz CT molecular complexity index is 1030. The zero-order valence-corrected chi connectivity index (χ0v) is 19.0. The summed E-state index contributed by atoms with van der Waals surface area (Å²) in [6, 6.07) is 14.2. The fraction of sp³-hybridized carbons (Fsp3) is 0.400. The van der Waals surface area contributed by atoms with Crippen LogP contribution in [0.25, 0.3) is 11.1 Å². The van der Waals surface area contributed by atoms with Crippen molar-refractivity contribution in [2.24, 2.45) is 0 Å². The van der Waals surface area contributed by atoms with Crippen LogP contribution >= 0.6 is 0 Å². The van der Waals surface area contributed by atoms with Crippen molar-refractivity contribution < 1.29 is 33.7 Å². The molecule has 2 aromatic carbocycles. The monoisotopic (exact) mass is 468 g/mol. The minimum absolute atomic E-state index is 0.104. The SMILES string of the molecule is CO[C@H](C)[C@H](NC(=O)OCC1c2ccccc2-c2ccccc21)C(=O)N[C@@H]1CCO[C@@H]1C(=O)O. The van der Waals surface area contributed by atoms with Crippen molar-refractivity contribution in [1.82, 2.24) is 10.6 Å². The topological polar surface area (TPSA) is 123 Å². The second-order valence-corrected chi connectivity index (χ2v) is 8.42. The van der Waals surface area contributed by atoms with Crippen molar-refractivity contribution in [2.45, 2.75) is 43.6 Å². The van der Waals surface area contributed by atoms with Crippen molar-refractivity contribution in [3.05, 3.63) is 59.7 Å². The van der Waals surface area contributed by atoms with Crippen LogP contribution < -0.4 is 10.6 Å². The number of carboxylic acid groups (broad SMARTS) is 1. The Balaban J connectivity index is 1.41. The molecule has 1 aliphatic heterocycles. The van der Waals surface area contributed by atoms with Gasteiger partial charge in [0, 0.05) is 19.6 Å². The Kier molecular flexibility index (Phi) is 7.14. The number of rotatable bonds is 8. The first-order chi connectivity index (χ1) is 16.4. The highest BCUT2D eigenvalue weighted by atomic mass is 16.6. The fourth-order valence-corrected chi connectivity index (χ4v) is 4.55. The van der Waals surface area contributed by atoms with Crippen LogP contribution in [0, 0.1) is 0 Å². The van der Waals surface area contributed by atoms with Crippen LogP contribution in [-0.2, 0) is 23.8 Å². The molecule has 0 bridgehead atoms. The van der Waals surface area contributed by atoms with Gasteiger partial charge in [-0.05, 0) is 35.6 Å². The van der Waals surface area contributed by atoms with E-state index in [0.29, 0.717) is 6.42 Å². The summed E-state index contributed by atoms with van der Waals surface area (Å²) in [5.41, 5.74) is 4.39. The third-order valence-electron chi connectivity index (χ3n) is 6.40. The molecule has 4 rings (SSSR count). The molecule has 0 spiro atoms. The number of hydrogen-bond acceptors (Lipinski definition) is 6. The first-order valence-corrected chi connectivity index (χ1v) is 11.2. The quantitative estimate of drug-likeness (QED) is 0.543. The highest BCUT2D eigenvalue weighted by molar-refractivity contribution is 5.87. The van der Waals surface area contributed by atoms with Crippen LogP contribution in [0.2, 0.25) is 0 Å². The molecule has 1 heterocycles. The lowest BCUT2D eigenvalue weighted by Gasteiger charge is -2.26. The summed E-state index contributed by atoms with van der Waals surface area (Å²) >= 11 is 0. The lowest BCUT2D eigenvalue weighted by molar-refractivity contribution is -0.148. The van der Waals surface area contributed by atoms with Crippen molar-refractivity contribution in [1.29, 1.82) is 0 Å². The molecule has 2 amide bonds. The van der Waals surface area contributed by atoms with E-state index in [4.69, 9.17) is 14.2 Å². The number of methoxy groups -OCH3 is 1. The number of fused-ring (bicyclic) bond motifs is 3. The molecule has 4 atom stereocenters. The van der Waals surface area contributed by atoms with Gasteiger partial charge >= 0.3 is 12.1 Å². The van der Waals surface area contributed by atoms with Crippen molar-refractivity contribution in [3.63, 3.8) is 0 Å². The average molecular weight is 469 g/mol. The van der Waals surface area contributed by atoms with E-state index < -0.39 is 42.3 Å². The lowest BCUT2D eigenvalue weighted by Crippen LogP contribution is -2.56. The maximum absolute atomic E-state index is 12.9. The molecule has 180 valence electrons. The number of alkyl carbamates (subject to hydrolysis) is 1. The summed E-state index contributed by atoms with van der Waals surface area (Å²) in [6.07, 6.45) is -2.20. The van der Waals surface area contributed by atoms with E-state index in [9.17, 15) is 19.5 Å². The van der Waals surface area contributed by atoms with Crippen LogP contribution in [-0.4, -0.2) is 67.7 Å². The van der Waals surface area contributed by atoms with Crippen LogP contribution in [0.15, 0.2) is 48.5 Å². The minimum Gasteiger partial charge on any atom is -0.479 e. The Morgan fingerprint density at radius 3 is 2.29 bits per heavy atom. The Hall–Kier alpha value is -3.43. The second kappa shape index (κ2) is 10.2. The van der Waals surface area contributed by atoms with Gasteiger partial charge in [-0.3, -0.25) is 4.79 Å². The molecular weight excluding hydrogens is 440 g/mol. The predicted octanol–water partition coefficient (Wildman–Crippen LogP) is 2.29. The molecule has 0 radical (unpaired) electrons. The van der Waals surface area contributed by atoms with Crippen molar-refractivity contribution >= 4 is 18.0 Å². The fourth-order valence-electron chi connectivity index (χ4n) is 4.55. The molecule has 0 unspecified atom stereocenters. The molecule has 9 heteroatoms. The van der Waals surface area contributed by atoms with Crippen molar-refractivity contribution in [2.75, 3.05) is 20.3 Å². The average Bonchev–Trinajstić information content (AvgIpc) is 3.43. The molecule has 2 aliphatic rings. The van der Waals surface area contributed by atoms with Gasteiger partial charge in [0.25, 0.3) is 0 Å². The maximum atomic E-state index is 12.9. The first kappa shape index (κ1) is 23.7. The van der Waals surface area contributed by atoms with Crippen LogP contribution in [0.1, 0.15) is 30.4 Å². The van der Waals surface area contributed by atoms with Gasteiger partial charge in [-0.15, -0.1) is 0 Å². The van der Waals surface area contributed by atoms with Gasteiger partial charge in [0.05, 0.1) is 12.1 Å². The minimum atomic E-state index is -1.15. The number of benzene rings is 2. The Labute approximate surface area is 197 Å². The van der Waals surface area contributed by atoms with E-state index in [1.807, 2.05) is 48.5 Å². The summed E-state index contributed by atoms with van der Waals surface area (Å²) in [7, 11) is 1.42. The third-order valence-corrected chi connectivity index (χ3v) is 6.40. The molecule has 1 aliphatic carbocycles. The number of carbonyl (C=O) groups excluding carboxylic acids is 2. The molecule has 1 saturated heterocycles. The van der Waals surface area contributed by atoms with E-state index in [1.54, 1.807) is 6.92 Å². The normalized spacial score (nSPS) is 20.6. The van der Waals surface area contributed by atoms with E-state index in [-0.39, 0.29) is 19.1 Å². The third kappa shape index (κ3) is 4.76. The molecule has 0 aromatic heterocycles. The van der Waals surface area contributed by atoms with E-state index in [0.717, 1.165) is 22.3 Å². The number of carbonyl (C=O) groups is 3. The summed E-state index contributed by atoms with van der Waals surface area (Å²) in [4.78, 5) is 36.9. The van der Waals surface area contributed by atoms with Gasteiger partial charge in [0.2, 0.25) is 5.91 Å². The summed E-state index contributed by atoms with van der Waals surface area (Å²) in [5, 5.41) is 14.5. The summed E-state index contributed by atoms with van der Waals surface area (Å²) in [5.74, 6) is -1.83. The van der Waals surface area contributed by atoms with Gasteiger partial charge in [0.15, 0.2) is 6.10 Å². The van der Waals surface area contributed by atoms with E-state index in [1.165, 1.54) is 7.11 Å². The van der Waals surface area contributed by atoms with Crippen LogP contribution in [0.3, 0.4) is 0 Å².